The summed E-state index contributed by atoms with van der Waals surface area (Å²) in [6.07, 6.45) is 3.05. The van der Waals surface area contributed by atoms with Crippen LogP contribution < -0.4 is 5.32 Å². The molecule has 1 N–H and O–H groups in total. The lowest BCUT2D eigenvalue weighted by Crippen LogP contribution is -2.41. The summed E-state index contributed by atoms with van der Waals surface area (Å²) < 4.78 is 1.77. The summed E-state index contributed by atoms with van der Waals surface area (Å²) >= 11 is 0. The molecule has 0 aromatic carbocycles. The molecule has 1 aliphatic rings. The van der Waals surface area contributed by atoms with Crippen LogP contribution in [0.25, 0.3) is 0 Å². The summed E-state index contributed by atoms with van der Waals surface area (Å²) in [5.74, 6) is 0.268. The number of hydrogen-bond acceptors (Lipinski definition) is 4. The Balaban J connectivity index is 2.04. The predicted molar refractivity (Wildman–Crippen MR) is 55.3 cm³/mol. The van der Waals surface area contributed by atoms with E-state index < -0.39 is 0 Å². The van der Waals surface area contributed by atoms with Crippen LogP contribution in [0, 0.1) is 5.92 Å². The van der Waals surface area contributed by atoms with Crippen LogP contribution in [0.3, 0.4) is 0 Å². The van der Waals surface area contributed by atoms with Gasteiger partial charge in [-0.3, -0.25) is 19.6 Å². The SMILES string of the molecule is CCn1ncnc1CC1CCC(=O)NC1=O. The van der Waals surface area contributed by atoms with E-state index in [2.05, 4.69) is 15.4 Å². The van der Waals surface area contributed by atoms with Gasteiger partial charge < -0.3 is 0 Å². The Morgan fingerprint density at radius 1 is 1.56 bits per heavy atom. The molecular weight excluding hydrogens is 208 g/mol. The maximum atomic E-state index is 11.5. The van der Waals surface area contributed by atoms with E-state index in [0.717, 1.165) is 12.4 Å². The molecule has 0 bridgehead atoms. The molecule has 1 saturated heterocycles. The minimum absolute atomic E-state index is 0.160. The lowest BCUT2D eigenvalue weighted by Gasteiger charge is -2.20. The molecule has 16 heavy (non-hydrogen) atoms. The third-order valence-corrected chi connectivity index (χ3v) is 2.78. The minimum Gasteiger partial charge on any atom is -0.296 e. The van der Waals surface area contributed by atoms with Crippen LogP contribution in [0.4, 0.5) is 0 Å². The number of carbonyl (C=O) groups is 2. The van der Waals surface area contributed by atoms with E-state index >= 15 is 0 Å². The molecule has 0 spiro atoms. The Morgan fingerprint density at radius 2 is 2.38 bits per heavy atom. The van der Waals surface area contributed by atoms with Crippen molar-refractivity contribution >= 4 is 11.8 Å². The van der Waals surface area contributed by atoms with Gasteiger partial charge >= 0.3 is 0 Å². The van der Waals surface area contributed by atoms with Crippen LogP contribution >= 0.6 is 0 Å². The molecule has 1 aromatic heterocycles. The van der Waals surface area contributed by atoms with Crippen molar-refractivity contribution in [1.82, 2.24) is 20.1 Å². The second-order valence-corrected chi connectivity index (χ2v) is 3.84. The number of nitrogens with zero attached hydrogens (tertiary/aromatic N) is 3. The van der Waals surface area contributed by atoms with Crippen molar-refractivity contribution in [3.05, 3.63) is 12.2 Å². The van der Waals surface area contributed by atoms with E-state index in [9.17, 15) is 9.59 Å². The van der Waals surface area contributed by atoms with Gasteiger partial charge in [-0.2, -0.15) is 5.10 Å². The number of rotatable bonds is 3. The third kappa shape index (κ3) is 2.10. The minimum atomic E-state index is -0.193. The highest BCUT2D eigenvalue weighted by molar-refractivity contribution is 5.98. The van der Waals surface area contributed by atoms with Crippen molar-refractivity contribution in [3.63, 3.8) is 0 Å². The van der Waals surface area contributed by atoms with Crippen LogP contribution in [0.5, 0.6) is 0 Å². The topological polar surface area (TPSA) is 76.9 Å². The predicted octanol–water partition coefficient (Wildman–Crippen LogP) is -0.107. The van der Waals surface area contributed by atoms with Gasteiger partial charge in [0.2, 0.25) is 11.8 Å². The zero-order valence-electron chi connectivity index (χ0n) is 9.14. The summed E-state index contributed by atoms with van der Waals surface area (Å²) in [5.41, 5.74) is 0. The normalized spacial score (nSPS) is 20.9. The van der Waals surface area contributed by atoms with E-state index in [1.807, 2.05) is 6.92 Å². The molecule has 1 fully saturated rings. The fraction of sp³-hybridized carbons (Fsp3) is 0.600. The summed E-state index contributed by atoms with van der Waals surface area (Å²) in [4.78, 5) is 26.6. The van der Waals surface area contributed by atoms with Crippen molar-refractivity contribution in [3.8, 4) is 0 Å². The molecule has 6 heteroatoms. The monoisotopic (exact) mass is 222 g/mol. The molecule has 0 saturated carbocycles. The third-order valence-electron chi connectivity index (χ3n) is 2.78. The summed E-state index contributed by atoms with van der Waals surface area (Å²) in [7, 11) is 0. The van der Waals surface area contributed by atoms with Crippen molar-refractivity contribution < 1.29 is 9.59 Å². The van der Waals surface area contributed by atoms with Crippen molar-refractivity contribution in [2.45, 2.75) is 32.7 Å². The Bertz CT molecular complexity index is 413. The van der Waals surface area contributed by atoms with Gasteiger partial charge in [0.25, 0.3) is 0 Å². The van der Waals surface area contributed by atoms with Crippen molar-refractivity contribution in [1.29, 1.82) is 0 Å². The molecule has 1 aliphatic heterocycles. The maximum absolute atomic E-state index is 11.5. The van der Waals surface area contributed by atoms with Crippen LogP contribution in [-0.4, -0.2) is 26.6 Å². The number of aromatic nitrogens is 3. The quantitative estimate of drug-likeness (QED) is 0.724. The lowest BCUT2D eigenvalue weighted by molar-refractivity contribution is -0.136. The second-order valence-electron chi connectivity index (χ2n) is 3.84. The zero-order chi connectivity index (χ0) is 11.5. The number of aryl methyl sites for hydroxylation is 1. The molecule has 0 radical (unpaired) electrons. The van der Waals surface area contributed by atoms with E-state index in [1.54, 1.807) is 4.68 Å². The van der Waals surface area contributed by atoms with E-state index in [0.29, 0.717) is 19.3 Å². The van der Waals surface area contributed by atoms with Gasteiger partial charge in [0, 0.05) is 25.3 Å². The van der Waals surface area contributed by atoms with E-state index in [1.165, 1.54) is 6.33 Å². The van der Waals surface area contributed by atoms with Gasteiger partial charge in [-0.1, -0.05) is 0 Å². The van der Waals surface area contributed by atoms with Crippen LogP contribution in [0.1, 0.15) is 25.6 Å². The van der Waals surface area contributed by atoms with Crippen LogP contribution in [0.2, 0.25) is 0 Å². The second kappa shape index (κ2) is 4.42. The highest BCUT2D eigenvalue weighted by Crippen LogP contribution is 2.16. The van der Waals surface area contributed by atoms with Gasteiger partial charge in [0.1, 0.15) is 12.2 Å². The molecule has 86 valence electrons. The van der Waals surface area contributed by atoms with Gasteiger partial charge in [-0.15, -0.1) is 0 Å². The summed E-state index contributed by atoms with van der Waals surface area (Å²) in [5, 5.41) is 6.39. The highest BCUT2D eigenvalue weighted by Gasteiger charge is 2.27. The molecule has 1 unspecified atom stereocenters. The van der Waals surface area contributed by atoms with Gasteiger partial charge in [-0.05, 0) is 13.3 Å². The number of nitrogens with one attached hydrogen (secondary N) is 1. The smallest absolute Gasteiger partial charge is 0.230 e. The molecule has 6 nitrogen and oxygen atoms in total. The van der Waals surface area contributed by atoms with Crippen LogP contribution in [-0.2, 0) is 22.6 Å². The fourth-order valence-corrected chi connectivity index (χ4v) is 1.86. The number of hydrogen-bond donors (Lipinski definition) is 1. The van der Waals surface area contributed by atoms with Gasteiger partial charge in [-0.25, -0.2) is 4.98 Å². The Labute approximate surface area is 93.0 Å². The lowest BCUT2D eigenvalue weighted by atomic mass is 9.94. The molecule has 2 heterocycles. The van der Waals surface area contributed by atoms with Crippen molar-refractivity contribution in [2.24, 2.45) is 5.92 Å². The Morgan fingerprint density at radius 3 is 3.06 bits per heavy atom. The average molecular weight is 222 g/mol. The first-order chi connectivity index (χ1) is 7.70. The van der Waals surface area contributed by atoms with Gasteiger partial charge in [0.15, 0.2) is 0 Å². The fourth-order valence-electron chi connectivity index (χ4n) is 1.86. The van der Waals surface area contributed by atoms with Crippen molar-refractivity contribution in [2.75, 3.05) is 0 Å². The molecule has 1 atom stereocenters. The first-order valence-corrected chi connectivity index (χ1v) is 5.41. The van der Waals surface area contributed by atoms with E-state index in [-0.39, 0.29) is 17.7 Å². The first-order valence-electron chi connectivity index (χ1n) is 5.41. The zero-order valence-corrected chi connectivity index (χ0v) is 9.14. The van der Waals surface area contributed by atoms with E-state index in [4.69, 9.17) is 0 Å². The maximum Gasteiger partial charge on any atom is 0.230 e. The Hall–Kier alpha value is -1.72. The Kier molecular flexibility index (Phi) is 2.98. The molecule has 1 aromatic rings. The average Bonchev–Trinajstić information content (AvgIpc) is 2.69. The number of carbonyl (C=O) groups excluding carboxylic acids is 2. The standard InChI is InChI=1S/C10H14N4O2/c1-2-14-8(11-6-12-14)5-7-3-4-9(15)13-10(7)16/h6-7H,2-5H2,1H3,(H,13,15,16). The number of imide groups is 1. The first kappa shape index (κ1) is 10.8. The summed E-state index contributed by atoms with van der Waals surface area (Å²) in [6.45, 7) is 2.71. The summed E-state index contributed by atoms with van der Waals surface area (Å²) in [6, 6.07) is 0. The molecule has 2 rings (SSSR count). The molecule has 0 aliphatic carbocycles. The number of piperidine rings is 1. The largest absolute Gasteiger partial charge is 0.296 e. The van der Waals surface area contributed by atoms with Gasteiger partial charge in [0.05, 0.1) is 0 Å². The number of amides is 2. The highest BCUT2D eigenvalue weighted by atomic mass is 16.2. The van der Waals surface area contributed by atoms with Crippen LogP contribution in [0.15, 0.2) is 6.33 Å². The molecule has 2 amide bonds. The molecular formula is C10H14N4O2.